The van der Waals surface area contributed by atoms with E-state index >= 15 is 0 Å². The molecule has 2 saturated heterocycles. The molecule has 2 fully saturated rings. The van der Waals surface area contributed by atoms with E-state index in [2.05, 4.69) is 15.6 Å². The quantitative estimate of drug-likeness (QED) is 0.864. The summed E-state index contributed by atoms with van der Waals surface area (Å²) >= 11 is 0. The summed E-state index contributed by atoms with van der Waals surface area (Å²) in [5, 5.41) is 6.27. The van der Waals surface area contributed by atoms with Crippen molar-refractivity contribution < 1.29 is 14.3 Å². The van der Waals surface area contributed by atoms with Crippen LogP contribution in [-0.4, -0.2) is 53.5 Å². The molecule has 1 unspecified atom stereocenters. The maximum Gasteiger partial charge on any atom is 0.255 e. The average Bonchev–Trinajstić information content (AvgIpc) is 3.02. The van der Waals surface area contributed by atoms with Crippen LogP contribution < -0.4 is 10.6 Å². The predicted octanol–water partition coefficient (Wildman–Crippen LogP) is 1.97. The van der Waals surface area contributed by atoms with E-state index in [-0.39, 0.29) is 11.5 Å². The number of nitrogens with one attached hydrogen (secondary N) is 2. The number of rotatable bonds is 3. The lowest BCUT2D eigenvalue weighted by Crippen LogP contribution is -2.55. The topological polar surface area (TPSA) is 77.4 Å². The van der Waals surface area contributed by atoms with Crippen LogP contribution in [0.4, 0.5) is 5.69 Å². The lowest BCUT2D eigenvalue weighted by molar-refractivity contribution is -0.206. The molecule has 144 valence electrons. The zero-order chi connectivity index (χ0) is 18.9. The van der Waals surface area contributed by atoms with Gasteiger partial charge in [0.15, 0.2) is 6.10 Å². The van der Waals surface area contributed by atoms with Crippen LogP contribution in [0.15, 0.2) is 30.6 Å². The number of carbonyl (C=O) groups is 1. The normalized spacial score (nSPS) is 21.9. The van der Waals surface area contributed by atoms with Gasteiger partial charge in [-0.05, 0) is 64.0 Å². The Balaban J connectivity index is 1.41. The van der Waals surface area contributed by atoms with Crippen LogP contribution in [0.25, 0.3) is 5.69 Å². The molecule has 1 aromatic heterocycles. The van der Waals surface area contributed by atoms with E-state index in [9.17, 15) is 4.79 Å². The number of aryl methyl sites for hydroxylation is 1. The molecular formula is C20H26N4O3. The molecule has 7 nitrogen and oxygen atoms in total. The van der Waals surface area contributed by atoms with E-state index in [0.29, 0.717) is 13.2 Å². The van der Waals surface area contributed by atoms with Gasteiger partial charge < -0.3 is 24.7 Å². The first-order chi connectivity index (χ1) is 13.1. The van der Waals surface area contributed by atoms with Crippen LogP contribution in [0, 0.1) is 13.8 Å². The Morgan fingerprint density at radius 3 is 2.67 bits per heavy atom. The van der Waals surface area contributed by atoms with E-state index in [1.165, 1.54) is 0 Å². The second-order valence-corrected chi connectivity index (χ2v) is 7.38. The minimum atomic E-state index is -0.574. The third kappa shape index (κ3) is 3.76. The van der Waals surface area contributed by atoms with Gasteiger partial charge in [0.25, 0.3) is 5.91 Å². The second kappa shape index (κ2) is 7.42. The monoisotopic (exact) mass is 370 g/mol. The average molecular weight is 370 g/mol. The number of aromatic nitrogens is 2. The van der Waals surface area contributed by atoms with Gasteiger partial charge in [-0.3, -0.25) is 4.79 Å². The number of hydrogen-bond acceptors (Lipinski definition) is 5. The SMILES string of the molecule is Cc1ncn(-c2ccc(NC(=O)C3COCC4(CCNCC4)O3)cc2)c1C. The zero-order valence-electron chi connectivity index (χ0n) is 15.8. The number of benzene rings is 1. The molecule has 2 aliphatic heterocycles. The Bertz CT molecular complexity index is 804. The Hall–Kier alpha value is -2.22. The van der Waals surface area contributed by atoms with Crippen molar-refractivity contribution in [2.24, 2.45) is 0 Å². The Morgan fingerprint density at radius 2 is 2.00 bits per heavy atom. The van der Waals surface area contributed by atoms with Gasteiger partial charge in [0.2, 0.25) is 0 Å². The van der Waals surface area contributed by atoms with Crippen molar-refractivity contribution in [2.45, 2.75) is 38.4 Å². The van der Waals surface area contributed by atoms with Crippen LogP contribution in [0.1, 0.15) is 24.2 Å². The van der Waals surface area contributed by atoms with E-state index < -0.39 is 6.10 Å². The smallest absolute Gasteiger partial charge is 0.255 e. The number of carbonyl (C=O) groups excluding carboxylic acids is 1. The summed E-state index contributed by atoms with van der Waals surface area (Å²) in [7, 11) is 0. The third-order valence-corrected chi connectivity index (χ3v) is 5.50. The molecule has 2 aromatic rings. The van der Waals surface area contributed by atoms with E-state index in [4.69, 9.17) is 9.47 Å². The molecule has 1 amide bonds. The van der Waals surface area contributed by atoms with Gasteiger partial charge in [-0.1, -0.05) is 0 Å². The minimum Gasteiger partial charge on any atom is -0.375 e. The number of amides is 1. The molecule has 0 aliphatic carbocycles. The fourth-order valence-electron chi connectivity index (χ4n) is 3.68. The highest BCUT2D eigenvalue weighted by atomic mass is 16.6. The Labute approximate surface area is 159 Å². The fraction of sp³-hybridized carbons (Fsp3) is 0.500. The van der Waals surface area contributed by atoms with Crippen molar-refractivity contribution in [3.8, 4) is 5.69 Å². The van der Waals surface area contributed by atoms with E-state index in [0.717, 1.165) is 48.7 Å². The van der Waals surface area contributed by atoms with Crippen molar-refractivity contribution in [1.82, 2.24) is 14.9 Å². The highest BCUT2D eigenvalue weighted by molar-refractivity contribution is 5.94. The molecule has 4 rings (SSSR count). The summed E-state index contributed by atoms with van der Waals surface area (Å²) in [6.07, 6.45) is 2.98. The maximum absolute atomic E-state index is 12.7. The molecule has 1 atom stereocenters. The number of piperidine rings is 1. The lowest BCUT2D eigenvalue weighted by atomic mass is 9.92. The molecule has 1 spiro atoms. The molecule has 2 N–H and O–H groups in total. The highest BCUT2D eigenvalue weighted by Crippen LogP contribution is 2.29. The van der Waals surface area contributed by atoms with Gasteiger partial charge in [-0.15, -0.1) is 0 Å². The molecular weight excluding hydrogens is 344 g/mol. The summed E-state index contributed by atoms with van der Waals surface area (Å²) in [5.74, 6) is -0.157. The fourth-order valence-corrected chi connectivity index (χ4v) is 3.68. The van der Waals surface area contributed by atoms with Gasteiger partial charge in [-0.2, -0.15) is 0 Å². The van der Waals surface area contributed by atoms with Gasteiger partial charge in [-0.25, -0.2) is 4.98 Å². The summed E-state index contributed by atoms with van der Waals surface area (Å²) < 4.78 is 13.9. The summed E-state index contributed by atoms with van der Waals surface area (Å²) in [6.45, 7) is 6.68. The van der Waals surface area contributed by atoms with Crippen molar-refractivity contribution >= 4 is 11.6 Å². The first kappa shape index (κ1) is 18.2. The molecule has 27 heavy (non-hydrogen) atoms. The molecule has 2 aliphatic rings. The van der Waals surface area contributed by atoms with E-state index in [1.807, 2.05) is 49.0 Å². The third-order valence-electron chi connectivity index (χ3n) is 5.50. The first-order valence-electron chi connectivity index (χ1n) is 9.44. The van der Waals surface area contributed by atoms with Crippen LogP contribution in [0.5, 0.6) is 0 Å². The molecule has 0 radical (unpaired) electrons. The van der Waals surface area contributed by atoms with Crippen molar-refractivity contribution in [2.75, 3.05) is 31.6 Å². The number of anilines is 1. The standard InChI is InChI=1S/C20H26N4O3/c1-14-15(2)24(13-22-14)17-5-3-16(4-6-17)23-19(25)18-11-26-12-20(27-18)7-9-21-10-8-20/h3-6,13,18,21H,7-12H2,1-2H3,(H,23,25). The van der Waals surface area contributed by atoms with Crippen molar-refractivity contribution in [1.29, 1.82) is 0 Å². The number of ether oxygens (including phenoxy) is 2. The second-order valence-electron chi connectivity index (χ2n) is 7.38. The summed E-state index contributed by atoms with van der Waals surface area (Å²) in [6, 6.07) is 7.73. The highest BCUT2D eigenvalue weighted by Gasteiger charge is 2.41. The van der Waals surface area contributed by atoms with Gasteiger partial charge in [0.1, 0.15) is 0 Å². The Kier molecular flexibility index (Phi) is 4.99. The maximum atomic E-state index is 12.7. The number of hydrogen-bond donors (Lipinski definition) is 2. The molecule has 3 heterocycles. The van der Waals surface area contributed by atoms with Crippen LogP contribution >= 0.6 is 0 Å². The molecule has 1 aromatic carbocycles. The predicted molar refractivity (Wildman–Crippen MR) is 102 cm³/mol. The van der Waals surface area contributed by atoms with Crippen LogP contribution in [-0.2, 0) is 14.3 Å². The molecule has 0 saturated carbocycles. The van der Waals surface area contributed by atoms with Gasteiger partial charge in [0, 0.05) is 17.1 Å². The van der Waals surface area contributed by atoms with Gasteiger partial charge >= 0.3 is 0 Å². The number of imidazole rings is 1. The zero-order valence-corrected chi connectivity index (χ0v) is 15.8. The molecule has 7 heteroatoms. The number of nitrogens with zero attached hydrogens (tertiary/aromatic N) is 2. The van der Waals surface area contributed by atoms with Crippen molar-refractivity contribution in [3.05, 3.63) is 42.0 Å². The summed E-state index contributed by atoms with van der Waals surface area (Å²) in [5.41, 5.74) is 3.54. The van der Waals surface area contributed by atoms with E-state index in [1.54, 1.807) is 0 Å². The van der Waals surface area contributed by atoms with Gasteiger partial charge in [0.05, 0.1) is 30.8 Å². The Morgan fingerprint density at radius 1 is 1.26 bits per heavy atom. The lowest BCUT2D eigenvalue weighted by Gasteiger charge is -2.43. The summed E-state index contributed by atoms with van der Waals surface area (Å²) in [4.78, 5) is 17.0. The van der Waals surface area contributed by atoms with Crippen LogP contribution in [0.2, 0.25) is 0 Å². The van der Waals surface area contributed by atoms with Crippen molar-refractivity contribution in [3.63, 3.8) is 0 Å². The first-order valence-corrected chi connectivity index (χ1v) is 9.44. The largest absolute Gasteiger partial charge is 0.375 e. The van der Waals surface area contributed by atoms with Crippen LogP contribution in [0.3, 0.4) is 0 Å². The minimum absolute atomic E-state index is 0.157. The molecule has 0 bridgehead atoms.